The minimum atomic E-state index is -1.42. The molecule has 0 radical (unpaired) electrons. The second-order valence-electron chi connectivity index (χ2n) is 10.0. The predicted molar refractivity (Wildman–Crippen MR) is 141 cm³/mol. The first-order chi connectivity index (χ1) is 18.9. The number of methoxy groups -OCH3 is 1. The molecule has 1 heterocycles. The molecule has 1 amide bonds. The standard InChI is InChI=1S/C29H35F2N3O6/c1-17(2)27-24(12-11-22(35)14-23(36)15-26(37)38)34(21-9-7-19(30)8-10-21)32-28(27)29(39)33(3)16-18-5-6-20(31)13-25(18)40-4/h5-10,13,17,22-23,35-36H,11-12,14-16H2,1-4H3,(H,37,38)/p-1/t22-,23-/m1/s1. The van der Waals surface area contributed by atoms with E-state index in [0.717, 1.165) is 0 Å². The molecule has 11 heteroatoms. The van der Waals surface area contributed by atoms with Crippen LogP contribution in [-0.4, -0.2) is 63.1 Å². The molecule has 0 spiro atoms. The number of nitrogens with zero attached hydrogens (tertiary/aromatic N) is 3. The lowest BCUT2D eigenvalue weighted by Gasteiger charge is -2.19. The number of amides is 1. The first-order valence-corrected chi connectivity index (χ1v) is 12.9. The van der Waals surface area contributed by atoms with Gasteiger partial charge in [0.15, 0.2) is 5.69 Å². The van der Waals surface area contributed by atoms with Gasteiger partial charge in [-0.3, -0.25) is 4.79 Å². The number of halogens is 2. The Kier molecular flexibility index (Phi) is 10.4. The lowest BCUT2D eigenvalue weighted by molar-refractivity contribution is -0.307. The highest BCUT2D eigenvalue weighted by Gasteiger charge is 2.28. The van der Waals surface area contributed by atoms with Crippen molar-refractivity contribution in [3.63, 3.8) is 0 Å². The average Bonchev–Trinajstić information content (AvgIpc) is 3.27. The molecule has 0 saturated carbocycles. The first kappa shape index (κ1) is 30.7. The van der Waals surface area contributed by atoms with Gasteiger partial charge in [0.2, 0.25) is 0 Å². The Morgan fingerprint density at radius 2 is 1.73 bits per heavy atom. The van der Waals surface area contributed by atoms with Crippen molar-refractivity contribution in [3.05, 3.63) is 76.6 Å². The maximum Gasteiger partial charge on any atom is 0.274 e. The zero-order valence-electron chi connectivity index (χ0n) is 22.9. The third-order valence-electron chi connectivity index (χ3n) is 6.54. The second kappa shape index (κ2) is 13.5. The largest absolute Gasteiger partial charge is 0.550 e. The van der Waals surface area contributed by atoms with Crippen LogP contribution in [0.3, 0.4) is 0 Å². The van der Waals surface area contributed by atoms with Gasteiger partial charge in [-0.15, -0.1) is 0 Å². The molecule has 0 saturated heterocycles. The van der Waals surface area contributed by atoms with Crippen LogP contribution < -0.4 is 9.84 Å². The summed E-state index contributed by atoms with van der Waals surface area (Å²) in [5.74, 6) is -2.59. The number of carbonyl (C=O) groups excluding carboxylic acids is 2. The SMILES string of the molecule is COc1cc(F)ccc1CN(C)C(=O)c1nn(-c2ccc(F)cc2)c(CC[C@@H](O)C[C@@H](O)CC(=O)[O-])c1C(C)C. The molecule has 3 aromatic rings. The maximum atomic E-state index is 13.7. The van der Waals surface area contributed by atoms with Crippen molar-refractivity contribution >= 4 is 11.9 Å². The van der Waals surface area contributed by atoms with E-state index in [1.54, 1.807) is 17.8 Å². The molecule has 0 aliphatic rings. The van der Waals surface area contributed by atoms with Gasteiger partial charge in [0.1, 0.15) is 17.4 Å². The van der Waals surface area contributed by atoms with Crippen LogP contribution in [-0.2, 0) is 17.8 Å². The fraction of sp³-hybridized carbons (Fsp3) is 0.414. The van der Waals surface area contributed by atoms with Crippen molar-refractivity contribution in [3.8, 4) is 11.4 Å². The normalized spacial score (nSPS) is 12.8. The number of carboxylic acids is 1. The van der Waals surface area contributed by atoms with Crippen LogP contribution in [0.4, 0.5) is 8.78 Å². The minimum absolute atomic E-state index is 0.119. The monoisotopic (exact) mass is 558 g/mol. The van der Waals surface area contributed by atoms with Gasteiger partial charge >= 0.3 is 0 Å². The summed E-state index contributed by atoms with van der Waals surface area (Å²) in [7, 11) is 3.01. The van der Waals surface area contributed by atoms with Crippen molar-refractivity contribution < 1.29 is 38.4 Å². The lowest BCUT2D eigenvalue weighted by Crippen LogP contribution is -2.29. The van der Waals surface area contributed by atoms with E-state index in [9.17, 15) is 33.7 Å². The Bertz CT molecular complexity index is 1330. The van der Waals surface area contributed by atoms with E-state index in [2.05, 4.69) is 5.10 Å². The number of aromatic nitrogens is 2. The zero-order chi connectivity index (χ0) is 29.6. The third-order valence-corrected chi connectivity index (χ3v) is 6.54. The molecule has 0 bridgehead atoms. The molecule has 0 aliphatic carbocycles. The quantitative estimate of drug-likeness (QED) is 0.330. The summed E-state index contributed by atoms with van der Waals surface area (Å²) in [6.45, 7) is 3.91. The van der Waals surface area contributed by atoms with E-state index in [-0.39, 0.29) is 37.4 Å². The van der Waals surface area contributed by atoms with Crippen LogP contribution in [0, 0.1) is 11.6 Å². The Balaban J connectivity index is 1.97. The van der Waals surface area contributed by atoms with E-state index < -0.39 is 42.1 Å². The number of rotatable bonds is 13. The number of aliphatic hydroxyl groups is 2. The lowest BCUT2D eigenvalue weighted by atomic mass is 9.95. The summed E-state index contributed by atoms with van der Waals surface area (Å²) in [5, 5.41) is 35.8. The number of carbonyl (C=O) groups is 2. The minimum Gasteiger partial charge on any atom is -0.550 e. The van der Waals surface area contributed by atoms with Crippen LogP contribution in [0.15, 0.2) is 42.5 Å². The molecular weight excluding hydrogens is 524 g/mol. The Labute approximate surface area is 231 Å². The Morgan fingerprint density at radius 3 is 2.33 bits per heavy atom. The molecule has 2 aromatic carbocycles. The van der Waals surface area contributed by atoms with Crippen molar-refractivity contribution in [2.75, 3.05) is 14.2 Å². The topological polar surface area (TPSA) is 128 Å². The van der Waals surface area contributed by atoms with Gasteiger partial charge in [0.25, 0.3) is 5.91 Å². The van der Waals surface area contributed by atoms with E-state index >= 15 is 0 Å². The molecule has 0 aliphatic heterocycles. The highest BCUT2D eigenvalue weighted by Crippen LogP contribution is 2.30. The van der Waals surface area contributed by atoms with Crippen molar-refractivity contribution in [1.29, 1.82) is 0 Å². The van der Waals surface area contributed by atoms with E-state index in [1.807, 2.05) is 13.8 Å². The molecule has 3 rings (SSSR count). The highest BCUT2D eigenvalue weighted by molar-refractivity contribution is 5.94. The number of hydrogen-bond donors (Lipinski definition) is 2. The van der Waals surface area contributed by atoms with Crippen LogP contribution in [0.25, 0.3) is 5.69 Å². The van der Waals surface area contributed by atoms with Crippen molar-refractivity contribution in [2.24, 2.45) is 0 Å². The third kappa shape index (κ3) is 7.64. The summed E-state index contributed by atoms with van der Waals surface area (Å²) in [4.78, 5) is 25.9. The molecule has 40 heavy (non-hydrogen) atoms. The predicted octanol–water partition coefficient (Wildman–Crippen LogP) is 2.74. The van der Waals surface area contributed by atoms with E-state index in [1.165, 1.54) is 48.4 Å². The second-order valence-corrected chi connectivity index (χ2v) is 10.0. The Hall–Kier alpha value is -3.83. The summed E-state index contributed by atoms with van der Waals surface area (Å²) >= 11 is 0. The molecule has 2 N–H and O–H groups in total. The fourth-order valence-electron chi connectivity index (χ4n) is 4.63. The van der Waals surface area contributed by atoms with Gasteiger partial charge in [-0.1, -0.05) is 19.9 Å². The average molecular weight is 559 g/mol. The molecule has 1 aromatic heterocycles. The molecule has 9 nitrogen and oxygen atoms in total. The van der Waals surface area contributed by atoms with E-state index in [0.29, 0.717) is 28.3 Å². The maximum absolute atomic E-state index is 13.7. The smallest absolute Gasteiger partial charge is 0.274 e. The van der Waals surface area contributed by atoms with Gasteiger partial charge in [-0.05, 0) is 55.5 Å². The fourth-order valence-corrected chi connectivity index (χ4v) is 4.63. The highest BCUT2D eigenvalue weighted by atomic mass is 19.1. The van der Waals surface area contributed by atoms with Gasteiger partial charge in [0.05, 0.1) is 25.0 Å². The number of aliphatic hydroxyl groups excluding tert-OH is 2. The number of carboxylic acid groups (broad SMARTS) is 1. The van der Waals surface area contributed by atoms with Crippen LogP contribution in [0.2, 0.25) is 0 Å². The van der Waals surface area contributed by atoms with Gasteiger partial charge in [-0.2, -0.15) is 5.10 Å². The molecule has 216 valence electrons. The van der Waals surface area contributed by atoms with Crippen LogP contribution >= 0.6 is 0 Å². The number of benzene rings is 2. The molecule has 0 unspecified atom stereocenters. The Morgan fingerprint density at radius 1 is 1.07 bits per heavy atom. The van der Waals surface area contributed by atoms with Crippen molar-refractivity contribution in [1.82, 2.24) is 14.7 Å². The molecule has 0 fully saturated rings. The zero-order valence-corrected chi connectivity index (χ0v) is 22.9. The van der Waals surface area contributed by atoms with Crippen LogP contribution in [0.1, 0.15) is 66.3 Å². The summed E-state index contributed by atoms with van der Waals surface area (Å²) in [6, 6.07) is 9.66. The van der Waals surface area contributed by atoms with Gasteiger partial charge in [0, 0.05) is 48.9 Å². The summed E-state index contributed by atoms with van der Waals surface area (Å²) < 4.78 is 34.2. The number of aliphatic carboxylic acids is 1. The van der Waals surface area contributed by atoms with Crippen LogP contribution in [0.5, 0.6) is 5.75 Å². The van der Waals surface area contributed by atoms with Crippen molar-refractivity contribution in [2.45, 2.75) is 64.2 Å². The summed E-state index contributed by atoms with van der Waals surface area (Å²) in [5.41, 5.74) is 2.53. The van der Waals surface area contributed by atoms with Gasteiger partial charge in [-0.25, -0.2) is 13.5 Å². The summed E-state index contributed by atoms with van der Waals surface area (Å²) in [6.07, 6.45) is -2.66. The molecule has 2 atom stereocenters. The first-order valence-electron chi connectivity index (χ1n) is 12.9. The van der Waals surface area contributed by atoms with E-state index in [4.69, 9.17) is 4.74 Å². The van der Waals surface area contributed by atoms with Gasteiger partial charge < -0.3 is 29.8 Å². The number of hydrogen-bond acceptors (Lipinski definition) is 7. The molecular formula is C29H34F2N3O6-. The number of ether oxygens (including phenoxy) is 1.